The summed E-state index contributed by atoms with van der Waals surface area (Å²) in [5, 5.41) is 20.3. The normalized spacial score (nSPS) is 13.7. The molecule has 0 aromatic heterocycles. The molecule has 1 unspecified atom stereocenters. The summed E-state index contributed by atoms with van der Waals surface area (Å²) in [6, 6.07) is 17.9. The third-order valence-electron chi connectivity index (χ3n) is 4.20. The zero-order valence-corrected chi connectivity index (χ0v) is 13.2. The van der Waals surface area contributed by atoms with Crippen LogP contribution in [0.15, 0.2) is 60.7 Å². The van der Waals surface area contributed by atoms with Crippen molar-refractivity contribution in [1.29, 1.82) is 0 Å². The van der Waals surface area contributed by atoms with Crippen LogP contribution in [0.3, 0.4) is 0 Å². The molecular formula is C19H21F3O2. The van der Waals surface area contributed by atoms with E-state index in [0.29, 0.717) is 0 Å². The quantitative estimate of drug-likeness (QED) is 0.804. The maximum absolute atomic E-state index is 13.0. The molecule has 0 aliphatic rings. The van der Waals surface area contributed by atoms with Crippen molar-refractivity contribution < 1.29 is 23.4 Å². The number of aryl methyl sites for hydroxylation is 2. The monoisotopic (exact) mass is 338 g/mol. The third kappa shape index (κ3) is 5.08. The molecule has 1 atom stereocenters. The summed E-state index contributed by atoms with van der Waals surface area (Å²) in [6.07, 6.45) is -7.42. The highest BCUT2D eigenvalue weighted by molar-refractivity contribution is 5.17. The molecule has 2 nitrogen and oxygen atoms in total. The fourth-order valence-electron chi connectivity index (χ4n) is 2.71. The van der Waals surface area contributed by atoms with Crippen molar-refractivity contribution in [3.8, 4) is 0 Å². The van der Waals surface area contributed by atoms with E-state index >= 15 is 0 Å². The molecule has 0 amide bonds. The largest absolute Gasteiger partial charge is 0.417 e. The number of halogens is 3. The zero-order chi connectivity index (χ0) is 17.6. The van der Waals surface area contributed by atoms with Crippen molar-refractivity contribution in [3.63, 3.8) is 0 Å². The van der Waals surface area contributed by atoms with Gasteiger partial charge in [-0.05, 0) is 36.8 Å². The van der Waals surface area contributed by atoms with Gasteiger partial charge in [0.2, 0.25) is 0 Å². The van der Waals surface area contributed by atoms with E-state index in [0.717, 1.165) is 11.1 Å². The molecule has 2 aromatic carbocycles. The average molecular weight is 338 g/mol. The Bertz CT molecular complexity index is 568. The van der Waals surface area contributed by atoms with Crippen LogP contribution >= 0.6 is 0 Å². The predicted molar refractivity (Wildman–Crippen MR) is 86.5 cm³/mol. The van der Waals surface area contributed by atoms with E-state index in [1.807, 2.05) is 12.1 Å². The van der Waals surface area contributed by atoms with Crippen LogP contribution in [0.1, 0.15) is 24.0 Å². The van der Waals surface area contributed by atoms with E-state index in [9.17, 15) is 23.4 Å². The molecule has 0 fully saturated rings. The molecule has 0 saturated heterocycles. The summed E-state index contributed by atoms with van der Waals surface area (Å²) in [5.41, 5.74) is -0.570. The zero-order valence-electron chi connectivity index (χ0n) is 13.2. The van der Waals surface area contributed by atoms with E-state index in [1.165, 1.54) is 0 Å². The van der Waals surface area contributed by atoms with Gasteiger partial charge in [0.05, 0.1) is 0 Å². The van der Waals surface area contributed by atoms with E-state index in [2.05, 4.69) is 0 Å². The van der Waals surface area contributed by atoms with Gasteiger partial charge in [-0.25, -0.2) is 0 Å². The molecule has 0 aliphatic heterocycles. The number of aliphatic hydroxyl groups is 2. The summed E-state index contributed by atoms with van der Waals surface area (Å²) in [5.74, 6) is 0. The van der Waals surface area contributed by atoms with Crippen LogP contribution in [0.5, 0.6) is 0 Å². The van der Waals surface area contributed by atoms with Crippen molar-refractivity contribution in [2.75, 3.05) is 0 Å². The van der Waals surface area contributed by atoms with Crippen molar-refractivity contribution in [2.24, 2.45) is 0 Å². The summed E-state index contributed by atoms with van der Waals surface area (Å²) in [6.45, 7) is 0. The molecule has 0 saturated carbocycles. The van der Waals surface area contributed by atoms with E-state index in [1.54, 1.807) is 48.5 Å². The van der Waals surface area contributed by atoms with Crippen molar-refractivity contribution in [2.45, 2.75) is 43.6 Å². The maximum atomic E-state index is 13.0. The first-order valence-electron chi connectivity index (χ1n) is 7.86. The first-order chi connectivity index (χ1) is 11.3. The Morgan fingerprint density at radius 2 is 1.12 bits per heavy atom. The number of rotatable bonds is 7. The molecule has 24 heavy (non-hydrogen) atoms. The van der Waals surface area contributed by atoms with Gasteiger partial charge in [0.15, 0.2) is 6.10 Å². The smallest absolute Gasteiger partial charge is 0.387 e. The molecule has 0 radical (unpaired) electrons. The minimum Gasteiger partial charge on any atom is -0.387 e. The first-order valence-corrected chi connectivity index (χ1v) is 7.86. The fraction of sp³-hybridized carbons (Fsp3) is 0.368. The van der Waals surface area contributed by atoms with Crippen LogP contribution in [0.25, 0.3) is 0 Å². The molecule has 0 bridgehead atoms. The Balaban J connectivity index is 2.11. The predicted octanol–water partition coefficient (Wildman–Crippen LogP) is 3.91. The van der Waals surface area contributed by atoms with Crippen molar-refractivity contribution in [1.82, 2.24) is 0 Å². The topological polar surface area (TPSA) is 40.5 Å². The molecule has 0 heterocycles. The molecule has 0 aliphatic carbocycles. The van der Waals surface area contributed by atoms with E-state index < -0.39 is 17.9 Å². The Labute approximate surface area is 139 Å². The van der Waals surface area contributed by atoms with Gasteiger partial charge in [-0.3, -0.25) is 0 Å². The number of hydrogen-bond donors (Lipinski definition) is 2. The molecule has 130 valence electrons. The molecule has 2 aromatic rings. The lowest BCUT2D eigenvalue weighted by atomic mass is 9.84. The molecule has 0 spiro atoms. The van der Waals surface area contributed by atoms with Gasteiger partial charge in [0, 0.05) is 0 Å². The van der Waals surface area contributed by atoms with Gasteiger partial charge < -0.3 is 10.2 Å². The summed E-state index contributed by atoms with van der Waals surface area (Å²) in [4.78, 5) is 0. The standard InChI is InChI=1S/C19H21F3O2/c20-19(21,22)17(23)18(24,13-11-15-7-3-1-4-8-15)14-12-16-9-5-2-6-10-16/h1-10,17,23-24H,11-14H2. The van der Waals surface area contributed by atoms with Crippen LogP contribution in [-0.2, 0) is 12.8 Å². The number of aliphatic hydroxyl groups excluding tert-OH is 1. The van der Waals surface area contributed by atoms with E-state index in [4.69, 9.17) is 0 Å². The second kappa shape index (κ2) is 7.81. The SMILES string of the molecule is OC(C(F)(F)F)C(O)(CCc1ccccc1)CCc1ccccc1. The lowest BCUT2D eigenvalue weighted by Gasteiger charge is -2.34. The van der Waals surface area contributed by atoms with Crippen molar-refractivity contribution in [3.05, 3.63) is 71.8 Å². The van der Waals surface area contributed by atoms with Crippen molar-refractivity contribution >= 4 is 0 Å². The number of benzene rings is 2. The van der Waals surface area contributed by atoms with Crippen LogP contribution in [0.4, 0.5) is 13.2 Å². The third-order valence-corrected chi connectivity index (χ3v) is 4.20. The molecular weight excluding hydrogens is 317 g/mol. The van der Waals surface area contributed by atoms with Crippen LogP contribution in [0, 0.1) is 0 Å². The van der Waals surface area contributed by atoms with E-state index in [-0.39, 0.29) is 25.7 Å². The Morgan fingerprint density at radius 1 is 0.750 bits per heavy atom. The fourth-order valence-corrected chi connectivity index (χ4v) is 2.71. The molecule has 2 rings (SSSR count). The van der Waals surface area contributed by atoms with Gasteiger partial charge in [-0.1, -0.05) is 60.7 Å². The average Bonchev–Trinajstić information content (AvgIpc) is 2.58. The minimum absolute atomic E-state index is 0.162. The minimum atomic E-state index is -4.86. The summed E-state index contributed by atoms with van der Waals surface area (Å²) >= 11 is 0. The van der Waals surface area contributed by atoms with Gasteiger partial charge in [-0.2, -0.15) is 13.2 Å². The van der Waals surface area contributed by atoms with Gasteiger partial charge >= 0.3 is 6.18 Å². The Hall–Kier alpha value is -1.85. The number of alkyl halides is 3. The summed E-state index contributed by atoms with van der Waals surface area (Å²) < 4.78 is 39.0. The Morgan fingerprint density at radius 3 is 1.46 bits per heavy atom. The number of hydrogen-bond acceptors (Lipinski definition) is 2. The highest BCUT2D eigenvalue weighted by Crippen LogP contribution is 2.34. The maximum Gasteiger partial charge on any atom is 0.417 e. The lowest BCUT2D eigenvalue weighted by Crippen LogP contribution is -2.51. The van der Waals surface area contributed by atoms with Gasteiger partial charge in [0.1, 0.15) is 5.60 Å². The Kier molecular flexibility index (Phi) is 6.02. The second-order valence-corrected chi connectivity index (χ2v) is 6.02. The first kappa shape index (κ1) is 18.5. The molecule has 5 heteroatoms. The highest BCUT2D eigenvalue weighted by atomic mass is 19.4. The second-order valence-electron chi connectivity index (χ2n) is 6.02. The molecule has 2 N–H and O–H groups in total. The van der Waals surface area contributed by atoms with Crippen LogP contribution in [-0.4, -0.2) is 28.1 Å². The highest BCUT2D eigenvalue weighted by Gasteiger charge is 2.51. The van der Waals surface area contributed by atoms with Gasteiger partial charge in [-0.15, -0.1) is 0 Å². The van der Waals surface area contributed by atoms with Crippen LogP contribution in [0.2, 0.25) is 0 Å². The lowest BCUT2D eigenvalue weighted by molar-refractivity contribution is -0.259. The van der Waals surface area contributed by atoms with Crippen LogP contribution < -0.4 is 0 Å². The summed E-state index contributed by atoms with van der Waals surface area (Å²) in [7, 11) is 0. The van der Waals surface area contributed by atoms with Gasteiger partial charge in [0.25, 0.3) is 0 Å².